The second-order valence-electron chi connectivity index (χ2n) is 16.1. The van der Waals surface area contributed by atoms with Gasteiger partial charge in [-0.3, -0.25) is 14.4 Å². The molecule has 0 aliphatic heterocycles. The average Bonchev–Trinajstić information content (AvgIpc) is 3.28. The van der Waals surface area contributed by atoms with Crippen molar-refractivity contribution in [3.05, 3.63) is 122 Å². The van der Waals surface area contributed by atoms with Crippen molar-refractivity contribution in [3.8, 4) is 0 Å². The molecule has 6 heteroatoms. The number of rotatable bonds is 43. The van der Waals surface area contributed by atoms with Gasteiger partial charge >= 0.3 is 17.9 Å². The van der Waals surface area contributed by atoms with Gasteiger partial charge in [-0.25, -0.2) is 0 Å². The SMILES string of the molecule is CC\C=C/C=C\C=C/C=C\C=C\C=C/CCCCCC(=O)OCC(COC(=O)CCCCCCCCCCCCCC)OC(=O)CCCCC/C=C\C/C=C\C/C=C\C/C=C\CC. The lowest BCUT2D eigenvalue weighted by molar-refractivity contribution is -0.167. The summed E-state index contributed by atoms with van der Waals surface area (Å²) in [6.07, 6.45) is 68.9. The highest BCUT2D eigenvalue weighted by Crippen LogP contribution is 2.14. The molecule has 0 radical (unpaired) electrons. The van der Waals surface area contributed by atoms with Crippen LogP contribution in [0.2, 0.25) is 0 Å². The summed E-state index contributed by atoms with van der Waals surface area (Å²) in [7, 11) is 0. The Morgan fingerprint density at radius 3 is 1.16 bits per heavy atom. The fraction of sp³-hybridized carbons (Fsp3) is 0.596. The van der Waals surface area contributed by atoms with Crippen molar-refractivity contribution in [1.82, 2.24) is 0 Å². The Balaban J connectivity index is 4.56. The van der Waals surface area contributed by atoms with Gasteiger partial charge in [-0.1, -0.05) is 226 Å². The Kier molecular flexibility index (Phi) is 47.1. The second kappa shape index (κ2) is 50.5. The lowest BCUT2D eigenvalue weighted by Crippen LogP contribution is -2.30. The molecule has 63 heavy (non-hydrogen) atoms. The average molecular weight is 871 g/mol. The van der Waals surface area contributed by atoms with Gasteiger partial charge in [0.2, 0.25) is 0 Å². The number of hydrogen-bond donors (Lipinski definition) is 0. The zero-order valence-corrected chi connectivity index (χ0v) is 40.3. The van der Waals surface area contributed by atoms with Gasteiger partial charge < -0.3 is 14.2 Å². The summed E-state index contributed by atoms with van der Waals surface area (Å²) >= 11 is 0. The maximum atomic E-state index is 12.8. The van der Waals surface area contributed by atoms with Crippen LogP contribution in [-0.2, 0) is 28.6 Å². The van der Waals surface area contributed by atoms with Crippen molar-refractivity contribution in [2.75, 3.05) is 13.2 Å². The molecule has 1 unspecified atom stereocenters. The lowest BCUT2D eigenvalue weighted by atomic mass is 10.0. The minimum Gasteiger partial charge on any atom is -0.462 e. The van der Waals surface area contributed by atoms with E-state index in [-0.39, 0.29) is 37.5 Å². The summed E-state index contributed by atoms with van der Waals surface area (Å²) in [5, 5.41) is 0. The second-order valence-corrected chi connectivity index (χ2v) is 16.1. The molecule has 0 amide bonds. The fourth-order valence-electron chi connectivity index (χ4n) is 6.40. The van der Waals surface area contributed by atoms with Crippen LogP contribution in [0.5, 0.6) is 0 Å². The van der Waals surface area contributed by atoms with Crippen molar-refractivity contribution < 1.29 is 28.6 Å². The number of esters is 3. The predicted molar refractivity (Wildman–Crippen MR) is 269 cm³/mol. The van der Waals surface area contributed by atoms with Gasteiger partial charge in [-0.15, -0.1) is 0 Å². The molecule has 0 N–H and O–H groups in total. The van der Waals surface area contributed by atoms with Crippen molar-refractivity contribution in [2.24, 2.45) is 0 Å². The molecule has 0 aliphatic rings. The molecule has 354 valence electrons. The molecule has 0 saturated heterocycles. The highest BCUT2D eigenvalue weighted by Gasteiger charge is 2.19. The third kappa shape index (κ3) is 48.7. The molecule has 0 bridgehead atoms. The minimum absolute atomic E-state index is 0.108. The quantitative estimate of drug-likeness (QED) is 0.0200. The van der Waals surface area contributed by atoms with E-state index in [0.717, 1.165) is 96.3 Å². The van der Waals surface area contributed by atoms with E-state index in [1.54, 1.807) is 0 Å². The van der Waals surface area contributed by atoms with Gasteiger partial charge in [0.05, 0.1) is 0 Å². The maximum absolute atomic E-state index is 12.8. The molecular weight excluding hydrogens is 781 g/mol. The molecular formula is C57H90O6. The topological polar surface area (TPSA) is 78.9 Å². The molecule has 1 atom stereocenters. The predicted octanol–water partition coefficient (Wildman–Crippen LogP) is 16.5. The van der Waals surface area contributed by atoms with E-state index in [4.69, 9.17) is 14.2 Å². The Morgan fingerprint density at radius 1 is 0.349 bits per heavy atom. The first-order valence-electron chi connectivity index (χ1n) is 25.1. The van der Waals surface area contributed by atoms with E-state index in [2.05, 4.69) is 81.5 Å². The van der Waals surface area contributed by atoms with Gasteiger partial charge in [-0.2, -0.15) is 0 Å². The Labute approximate surface area is 386 Å². The third-order valence-electron chi connectivity index (χ3n) is 10.1. The molecule has 0 aromatic heterocycles. The zero-order chi connectivity index (χ0) is 45.8. The third-order valence-corrected chi connectivity index (χ3v) is 10.1. The van der Waals surface area contributed by atoms with Crippen LogP contribution in [0, 0.1) is 0 Å². The minimum atomic E-state index is -0.814. The van der Waals surface area contributed by atoms with E-state index in [1.165, 1.54) is 57.8 Å². The van der Waals surface area contributed by atoms with E-state index < -0.39 is 6.10 Å². The van der Waals surface area contributed by atoms with Crippen LogP contribution in [-0.4, -0.2) is 37.2 Å². The van der Waals surface area contributed by atoms with Gasteiger partial charge in [0.1, 0.15) is 13.2 Å². The summed E-state index contributed by atoms with van der Waals surface area (Å²) in [5.41, 5.74) is 0. The first kappa shape index (κ1) is 58.8. The first-order chi connectivity index (χ1) is 31.0. The first-order valence-corrected chi connectivity index (χ1v) is 25.1. The number of allylic oxidation sites excluding steroid dienone is 20. The molecule has 6 nitrogen and oxygen atoms in total. The molecule has 0 rings (SSSR count). The van der Waals surface area contributed by atoms with E-state index >= 15 is 0 Å². The van der Waals surface area contributed by atoms with E-state index in [1.807, 2.05) is 60.8 Å². The number of unbranched alkanes of at least 4 members (excludes halogenated alkanes) is 17. The van der Waals surface area contributed by atoms with Crippen molar-refractivity contribution in [2.45, 2.75) is 207 Å². The van der Waals surface area contributed by atoms with Crippen LogP contribution in [0.1, 0.15) is 201 Å². The number of ether oxygens (including phenoxy) is 3. The zero-order valence-electron chi connectivity index (χ0n) is 40.3. The van der Waals surface area contributed by atoms with Crippen LogP contribution in [0.3, 0.4) is 0 Å². The van der Waals surface area contributed by atoms with Crippen molar-refractivity contribution in [3.63, 3.8) is 0 Å². The number of hydrogen-bond acceptors (Lipinski definition) is 6. The molecule has 0 fully saturated rings. The lowest BCUT2D eigenvalue weighted by Gasteiger charge is -2.18. The van der Waals surface area contributed by atoms with Crippen LogP contribution < -0.4 is 0 Å². The monoisotopic (exact) mass is 871 g/mol. The van der Waals surface area contributed by atoms with Crippen molar-refractivity contribution >= 4 is 17.9 Å². The van der Waals surface area contributed by atoms with E-state index in [0.29, 0.717) is 19.3 Å². The fourth-order valence-corrected chi connectivity index (χ4v) is 6.40. The van der Waals surface area contributed by atoms with Crippen LogP contribution in [0.4, 0.5) is 0 Å². The molecule has 0 heterocycles. The largest absolute Gasteiger partial charge is 0.462 e. The Bertz CT molecular complexity index is 1370. The van der Waals surface area contributed by atoms with Gasteiger partial charge in [0, 0.05) is 19.3 Å². The highest BCUT2D eigenvalue weighted by atomic mass is 16.6. The normalized spacial score (nSPS) is 13.1. The summed E-state index contributed by atoms with van der Waals surface area (Å²) in [4.78, 5) is 37.9. The molecule has 0 saturated carbocycles. The van der Waals surface area contributed by atoms with Gasteiger partial charge in [0.15, 0.2) is 6.10 Å². The van der Waals surface area contributed by atoms with Crippen LogP contribution >= 0.6 is 0 Å². The maximum Gasteiger partial charge on any atom is 0.306 e. The highest BCUT2D eigenvalue weighted by molar-refractivity contribution is 5.71. The summed E-state index contributed by atoms with van der Waals surface area (Å²) in [6.45, 7) is 6.29. The Hall–Kier alpha value is -4.19. The van der Waals surface area contributed by atoms with Gasteiger partial charge in [0.25, 0.3) is 0 Å². The number of carbonyl (C=O) groups is 3. The summed E-state index contributed by atoms with van der Waals surface area (Å²) in [6, 6.07) is 0. The van der Waals surface area contributed by atoms with Crippen LogP contribution in [0.25, 0.3) is 0 Å². The summed E-state index contributed by atoms with van der Waals surface area (Å²) < 4.78 is 16.7. The Morgan fingerprint density at radius 2 is 0.698 bits per heavy atom. The smallest absolute Gasteiger partial charge is 0.306 e. The molecule has 0 spiro atoms. The van der Waals surface area contributed by atoms with E-state index in [9.17, 15) is 14.4 Å². The molecule has 0 aromatic carbocycles. The number of carbonyl (C=O) groups excluding carboxylic acids is 3. The standard InChI is InChI=1S/C57H90O6/c1-4-7-10-13-16-19-22-25-27-29-31-32-35-38-41-44-47-50-56(59)62-53-54(52-61-55(58)49-46-43-40-37-34-24-21-18-15-12-9-6-3)63-57(60)51-48-45-42-39-36-33-30-28-26-23-20-17-14-11-8-5-2/h7-8,10-11,13,16-17,19-20,22,25-29,31-33,35-36,54H,4-6,9,12,14-15,18,21,23-24,30,34,37-53H2,1-3H3/b10-7-,11-8-,16-13-,20-17-,22-19-,27-25-,28-26-,31-29+,35-32-,36-33-. The van der Waals surface area contributed by atoms with Crippen LogP contribution in [0.15, 0.2) is 122 Å². The van der Waals surface area contributed by atoms with Gasteiger partial charge in [-0.05, 0) is 77.0 Å². The van der Waals surface area contributed by atoms with Crippen molar-refractivity contribution in [1.29, 1.82) is 0 Å². The summed E-state index contributed by atoms with van der Waals surface area (Å²) in [5.74, 6) is -0.993. The molecule has 0 aromatic rings. The molecule has 0 aliphatic carbocycles.